The van der Waals surface area contributed by atoms with Gasteiger partial charge < -0.3 is 13.9 Å². The lowest BCUT2D eigenvalue weighted by molar-refractivity contribution is -0.155. The van der Waals surface area contributed by atoms with Crippen molar-refractivity contribution in [2.45, 2.75) is 39.4 Å². The Morgan fingerprint density at radius 1 is 1.27 bits per heavy atom. The maximum Gasteiger partial charge on any atom is 0.336 e. The van der Waals surface area contributed by atoms with Crippen molar-refractivity contribution in [3.05, 3.63) is 45.3 Å². The fourth-order valence-corrected chi connectivity index (χ4v) is 2.61. The minimum Gasteiger partial charge on any atom is -0.459 e. The first kappa shape index (κ1) is 14.8. The summed E-state index contributed by atoms with van der Waals surface area (Å²) >= 11 is 0. The Morgan fingerprint density at radius 3 is 2.77 bits per heavy atom. The summed E-state index contributed by atoms with van der Waals surface area (Å²) in [5, 5.41) is 0.794. The van der Waals surface area contributed by atoms with Gasteiger partial charge in [-0.25, -0.2) is 9.59 Å². The average molecular weight is 302 g/mol. The first-order valence-corrected chi connectivity index (χ1v) is 7.37. The number of ether oxygens (including phenoxy) is 2. The van der Waals surface area contributed by atoms with Gasteiger partial charge in [-0.1, -0.05) is 0 Å². The predicted molar refractivity (Wildman–Crippen MR) is 80.7 cm³/mol. The minimum atomic E-state index is -0.477. The van der Waals surface area contributed by atoms with Gasteiger partial charge in [-0.05, 0) is 49.9 Å². The number of carbonyl (C=O) groups excluding carboxylic acids is 1. The summed E-state index contributed by atoms with van der Waals surface area (Å²) in [6, 6.07) is 5.15. The third-order valence-electron chi connectivity index (χ3n) is 4.01. The lowest BCUT2D eigenvalue weighted by Gasteiger charge is -2.11. The molecule has 0 saturated carbocycles. The molecule has 5 heteroatoms. The number of esters is 1. The first-order valence-electron chi connectivity index (χ1n) is 7.37. The number of hydrogen-bond donors (Lipinski definition) is 0. The minimum absolute atomic E-state index is 0.0449. The number of benzene rings is 1. The van der Waals surface area contributed by atoms with E-state index in [0.29, 0.717) is 24.2 Å². The third kappa shape index (κ3) is 2.90. The molecule has 1 atom stereocenters. The Kier molecular flexibility index (Phi) is 3.98. The number of fused-ring (bicyclic) bond motifs is 1. The zero-order valence-corrected chi connectivity index (χ0v) is 12.7. The molecule has 1 fully saturated rings. The maximum absolute atomic E-state index is 11.9. The van der Waals surface area contributed by atoms with Crippen molar-refractivity contribution in [2.24, 2.45) is 0 Å². The van der Waals surface area contributed by atoms with E-state index in [-0.39, 0.29) is 12.6 Å². The van der Waals surface area contributed by atoms with Gasteiger partial charge in [0, 0.05) is 23.6 Å². The Hall–Kier alpha value is -2.14. The third-order valence-corrected chi connectivity index (χ3v) is 4.01. The Balaban J connectivity index is 1.87. The van der Waals surface area contributed by atoms with Gasteiger partial charge in [0.2, 0.25) is 0 Å². The van der Waals surface area contributed by atoms with E-state index in [1.54, 1.807) is 0 Å². The van der Waals surface area contributed by atoms with E-state index in [9.17, 15) is 9.59 Å². The summed E-state index contributed by atoms with van der Waals surface area (Å²) in [6.45, 7) is 4.58. The Labute approximate surface area is 127 Å². The van der Waals surface area contributed by atoms with Crippen molar-refractivity contribution in [3.63, 3.8) is 0 Å². The summed E-state index contributed by atoms with van der Waals surface area (Å²) in [6.07, 6.45) is 1.08. The smallest absolute Gasteiger partial charge is 0.336 e. The average Bonchev–Trinajstić information content (AvgIpc) is 3.00. The lowest BCUT2D eigenvalue weighted by Crippen LogP contribution is -2.22. The second-order valence-electron chi connectivity index (χ2n) is 5.63. The van der Waals surface area contributed by atoms with Gasteiger partial charge in [-0.2, -0.15) is 0 Å². The van der Waals surface area contributed by atoms with Crippen LogP contribution in [0.4, 0.5) is 0 Å². The van der Waals surface area contributed by atoms with E-state index in [4.69, 9.17) is 13.9 Å². The van der Waals surface area contributed by atoms with Crippen LogP contribution in [0.5, 0.6) is 0 Å². The van der Waals surface area contributed by atoms with Crippen LogP contribution in [-0.4, -0.2) is 18.7 Å². The fraction of sp³-hybridized carbons (Fsp3) is 0.412. The van der Waals surface area contributed by atoms with Crippen LogP contribution < -0.4 is 5.63 Å². The monoisotopic (exact) mass is 302 g/mol. The van der Waals surface area contributed by atoms with E-state index in [0.717, 1.165) is 22.9 Å². The zero-order valence-electron chi connectivity index (χ0n) is 12.7. The Morgan fingerprint density at radius 2 is 2.05 bits per heavy atom. The highest BCUT2D eigenvalue weighted by Crippen LogP contribution is 2.22. The van der Waals surface area contributed by atoms with E-state index in [1.165, 1.54) is 6.07 Å². The summed E-state index contributed by atoms with van der Waals surface area (Å²) in [7, 11) is 0. The molecule has 0 aliphatic carbocycles. The number of hydrogen-bond acceptors (Lipinski definition) is 5. The second-order valence-corrected chi connectivity index (χ2v) is 5.63. The van der Waals surface area contributed by atoms with Crippen LogP contribution in [0.3, 0.4) is 0 Å². The molecule has 1 aromatic heterocycles. The normalized spacial score (nSPS) is 17.8. The van der Waals surface area contributed by atoms with E-state index in [2.05, 4.69) is 0 Å². The van der Waals surface area contributed by atoms with Crippen LogP contribution in [0.15, 0.2) is 27.4 Å². The molecule has 116 valence electrons. The van der Waals surface area contributed by atoms with Gasteiger partial charge in [0.1, 0.15) is 12.2 Å². The molecule has 2 aromatic rings. The molecular formula is C17H18O5. The molecule has 0 unspecified atom stereocenters. The summed E-state index contributed by atoms with van der Waals surface area (Å²) in [5.74, 6) is -0.372. The molecule has 1 aliphatic rings. The highest BCUT2D eigenvalue weighted by atomic mass is 16.6. The Bertz CT molecular complexity index is 768. The molecule has 0 bridgehead atoms. The van der Waals surface area contributed by atoms with Crippen LogP contribution in [0, 0.1) is 13.8 Å². The highest BCUT2D eigenvalue weighted by Gasteiger charge is 2.25. The highest BCUT2D eigenvalue weighted by molar-refractivity contribution is 5.82. The maximum atomic E-state index is 11.9. The van der Waals surface area contributed by atoms with Crippen molar-refractivity contribution >= 4 is 16.9 Å². The quantitative estimate of drug-likeness (QED) is 0.644. The van der Waals surface area contributed by atoms with Crippen LogP contribution in [0.1, 0.15) is 29.5 Å². The van der Waals surface area contributed by atoms with Crippen LogP contribution in [-0.2, 0) is 20.9 Å². The van der Waals surface area contributed by atoms with Crippen molar-refractivity contribution in [2.75, 3.05) is 6.61 Å². The fourth-order valence-electron chi connectivity index (χ4n) is 2.61. The van der Waals surface area contributed by atoms with Crippen LogP contribution >= 0.6 is 0 Å². The van der Waals surface area contributed by atoms with Crippen molar-refractivity contribution in [1.29, 1.82) is 0 Å². The number of rotatable bonds is 3. The molecule has 5 nitrogen and oxygen atoms in total. The van der Waals surface area contributed by atoms with Gasteiger partial charge >= 0.3 is 11.6 Å². The largest absolute Gasteiger partial charge is 0.459 e. The number of aryl methyl sites for hydroxylation is 2. The van der Waals surface area contributed by atoms with Crippen molar-refractivity contribution in [3.8, 4) is 0 Å². The van der Waals surface area contributed by atoms with Gasteiger partial charge in [0.15, 0.2) is 6.10 Å². The molecular weight excluding hydrogens is 284 g/mol. The van der Waals surface area contributed by atoms with Gasteiger partial charge in [0.25, 0.3) is 0 Å². The molecule has 3 rings (SSSR count). The van der Waals surface area contributed by atoms with E-state index < -0.39 is 11.7 Å². The van der Waals surface area contributed by atoms with Gasteiger partial charge in [-0.15, -0.1) is 0 Å². The topological polar surface area (TPSA) is 65.7 Å². The SMILES string of the molecule is Cc1cc2oc(=O)cc(COC(=O)[C@H]3CCCO3)c2cc1C. The van der Waals surface area contributed by atoms with Crippen molar-refractivity contribution in [1.82, 2.24) is 0 Å². The molecule has 0 amide bonds. The number of carbonyl (C=O) groups is 1. The van der Waals surface area contributed by atoms with Crippen LogP contribution in [0.25, 0.3) is 11.0 Å². The molecule has 1 aromatic carbocycles. The van der Waals surface area contributed by atoms with Crippen LogP contribution in [0.2, 0.25) is 0 Å². The molecule has 1 saturated heterocycles. The molecule has 0 N–H and O–H groups in total. The van der Waals surface area contributed by atoms with E-state index in [1.807, 2.05) is 26.0 Å². The molecule has 0 radical (unpaired) electrons. The standard InChI is InChI=1S/C17H18O5/c1-10-6-13-12(8-16(18)22-15(13)7-11(10)2)9-21-17(19)14-4-3-5-20-14/h6-8,14H,3-5,9H2,1-2H3/t14-/m1/s1. The van der Waals surface area contributed by atoms with Gasteiger partial charge in [0.05, 0.1) is 0 Å². The summed E-state index contributed by atoms with van der Waals surface area (Å²) in [4.78, 5) is 23.6. The lowest BCUT2D eigenvalue weighted by atomic mass is 10.0. The molecule has 1 aliphatic heterocycles. The summed E-state index contributed by atoms with van der Waals surface area (Å²) < 4.78 is 15.8. The molecule has 2 heterocycles. The zero-order chi connectivity index (χ0) is 15.7. The first-order chi connectivity index (χ1) is 10.5. The predicted octanol–water partition coefficient (Wildman–Crippen LogP) is 2.63. The van der Waals surface area contributed by atoms with Crippen molar-refractivity contribution < 1.29 is 18.7 Å². The van der Waals surface area contributed by atoms with E-state index >= 15 is 0 Å². The summed E-state index contributed by atoms with van der Waals surface area (Å²) in [5.41, 5.74) is 2.86. The van der Waals surface area contributed by atoms with Gasteiger partial charge in [-0.3, -0.25) is 0 Å². The molecule has 0 spiro atoms. The second kappa shape index (κ2) is 5.93. The molecule has 22 heavy (non-hydrogen) atoms.